The minimum atomic E-state index is -0.557. The Balaban J connectivity index is 2.10. The third-order valence-electron chi connectivity index (χ3n) is 3.71. The van der Waals surface area contributed by atoms with Crippen molar-refractivity contribution >= 4 is 17.5 Å². The smallest absolute Gasteiger partial charge is 0.245 e. The first-order valence-electron chi connectivity index (χ1n) is 6.59. The molecule has 1 fully saturated rings. The largest absolute Gasteiger partial charge is 0.338 e. The van der Waals surface area contributed by atoms with Gasteiger partial charge in [-0.05, 0) is 31.2 Å². The summed E-state index contributed by atoms with van der Waals surface area (Å²) in [5.41, 5.74) is 0.884. The molecule has 0 aliphatic carbocycles. The molecule has 18 heavy (non-hydrogen) atoms. The SMILES string of the molecule is CC1CCC(C)N(C(=O)C(Cl)c2ccccc2)C1. The molecule has 1 aliphatic rings. The van der Waals surface area contributed by atoms with Gasteiger partial charge in [-0.25, -0.2) is 0 Å². The van der Waals surface area contributed by atoms with Crippen molar-refractivity contribution < 1.29 is 4.79 Å². The predicted octanol–water partition coefficient (Wildman–Crippen LogP) is 3.61. The van der Waals surface area contributed by atoms with Crippen LogP contribution in [0.25, 0.3) is 0 Å². The van der Waals surface area contributed by atoms with Crippen LogP contribution in [0.4, 0.5) is 0 Å². The maximum absolute atomic E-state index is 12.4. The molecule has 0 spiro atoms. The number of benzene rings is 1. The lowest BCUT2D eigenvalue weighted by molar-refractivity contribution is -0.135. The standard InChI is InChI=1S/C15H20ClNO/c1-11-8-9-12(2)17(10-11)15(18)14(16)13-6-4-3-5-7-13/h3-7,11-12,14H,8-10H2,1-2H3. The van der Waals surface area contributed by atoms with Gasteiger partial charge in [-0.1, -0.05) is 37.3 Å². The topological polar surface area (TPSA) is 20.3 Å². The second-order valence-electron chi connectivity index (χ2n) is 5.30. The molecule has 1 aliphatic heterocycles. The molecule has 0 bridgehead atoms. The maximum Gasteiger partial charge on any atom is 0.245 e. The summed E-state index contributed by atoms with van der Waals surface area (Å²) in [5.74, 6) is 0.617. The van der Waals surface area contributed by atoms with Crippen molar-refractivity contribution in [1.29, 1.82) is 0 Å². The summed E-state index contributed by atoms with van der Waals surface area (Å²) in [7, 11) is 0. The fraction of sp³-hybridized carbons (Fsp3) is 0.533. The summed E-state index contributed by atoms with van der Waals surface area (Å²) in [4.78, 5) is 14.4. The van der Waals surface area contributed by atoms with E-state index >= 15 is 0 Å². The highest BCUT2D eigenvalue weighted by Crippen LogP contribution is 2.28. The third kappa shape index (κ3) is 2.86. The molecule has 1 aromatic rings. The zero-order chi connectivity index (χ0) is 13.1. The molecule has 0 radical (unpaired) electrons. The van der Waals surface area contributed by atoms with Gasteiger partial charge < -0.3 is 4.90 Å². The number of hydrogen-bond donors (Lipinski definition) is 0. The molecule has 1 aromatic carbocycles. The summed E-state index contributed by atoms with van der Waals surface area (Å²) >= 11 is 6.31. The number of halogens is 1. The Bertz CT molecular complexity index is 406. The number of likely N-dealkylation sites (tertiary alicyclic amines) is 1. The highest BCUT2D eigenvalue weighted by Gasteiger charge is 2.31. The van der Waals surface area contributed by atoms with E-state index in [2.05, 4.69) is 13.8 Å². The van der Waals surface area contributed by atoms with Gasteiger partial charge in [-0.15, -0.1) is 11.6 Å². The van der Waals surface area contributed by atoms with Crippen LogP contribution in [0.1, 0.15) is 37.6 Å². The van der Waals surface area contributed by atoms with Crippen LogP contribution >= 0.6 is 11.6 Å². The molecule has 1 amide bonds. The number of rotatable bonds is 2. The van der Waals surface area contributed by atoms with Gasteiger partial charge in [-0.2, -0.15) is 0 Å². The lowest BCUT2D eigenvalue weighted by Crippen LogP contribution is -2.46. The van der Waals surface area contributed by atoms with Gasteiger partial charge in [0.1, 0.15) is 5.38 Å². The van der Waals surface area contributed by atoms with Crippen LogP contribution < -0.4 is 0 Å². The molecular weight excluding hydrogens is 246 g/mol. The van der Waals surface area contributed by atoms with E-state index in [1.165, 1.54) is 6.42 Å². The van der Waals surface area contributed by atoms with E-state index in [-0.39, 0.29) is 5.91 Å². The number of hydrogen-bond acceptors (Lipinski definition) is 1. The number of piperidine rings is 1. The Morgan fingerprint density at radius 3 is 2.61 bits per heavy atom. The number of amides is 1. The van der Waals surface area contributed by atoms with E-state index in [0.29, 0.717) is 12.0 Å². The van der Waals surface area contributed by atoms with Gasteiger partial charge in [0.25, 0.3) is 0 Å². The average Bonchev–Trinajstić information content (AvgIpc) is 2.41. The van der Waals surface area contributed by atoms with Gasteiger partial charge in [0.2, 0.25) is 5.91 Å². The first-order chi connectivity index (χ1) is 8.59. The minimum Gasteiger partial charge on any atom is -0.338 e. The molecule has 98 valence electrons. The molecule has 1 saturated heterocycles. The Morgan fingerprint density at radius 1 is 1.28 bits per heavy atom. The summed E-state index contributed by atoms with van der Waals surface area (Å²) in [5, 5.41) is -0.557. The first kappa shape index (κ1) is 13.4. The van der Waals surface area contributed by atoms with E-state index in [1.54, 1.807) is 0 Å². The lowest BCUT2D eigenvalue weighted by Gasteiger charge is -2.37. The quantitative estimate of drug-likeness (QED) is 0.748. The van der Waals surface area contributed by atoms with Crippen molar-refractivity contribution in [3.8, 4) is 0 Å². The molecule has 1 heterocycles. The second kappa shape index (κ2) is 5.75. The molecule has 0 N–H and O–H groups in total. The number of carbonyl (C=O) groups is 1. The zero-order valence-electron chi connectivity index (χ0n) is 11.0. The van der Waals surface area contributed by atoms with E-state index < -0.39 is 5.38 Å². The molecule has 2 nitrogen and oxygen atoms in total. The fourth-order valence-electron chi connectivity index (χ4n) is 2.51. The maximum atomic E-state index is 12.4. The molecule has 3 unspecified atom stereocenters. The minimum absolute atomic E-state index is 0.0434. The number of carbonyl (C=O) groups excluding carboxylic acids is 1. The van der Waals surface area contributed by atoms with Gasteiger partial charge in [0.15, 0.2) is 0 Å². The van der Waals surface area contributed by atoms with E-state index in [9.17, 15) is 4.79 Å². The molecule has 3 atom stereocenters. The summed E-state index contributed by atoms with van der Waals surface area (Å²) < 4.78 is 0. The van der Waals surface area contributed by atoms with Gasteiger partial charge in [0, 0.05) is 12.6 Å². The Morgan fingerprint density at radius 2 is 1.94 bits per heavy atom. The molecule has 0 aromatic heterocycles. The summed E-state index contributed by atoms with van der Waals surface area (Å²) in [6.07, 6.45) is 2.27. The van der Waals surface area contributed by atoms with Gasteiger partial charge in [-0.3, -0.25) is 4.79 Å². The average molecular weight is 266 g/mol. The van der Waals surface area contributed by atoms with Crippen LogP contribution in [0, 0.1) is 5.92 Å². The van der Waals surface area contributed by atoms with E-state index in [1.807, 2.05) is 35.2 Å². The van der Waals surface area contributed by atoms with Crippen molar-refractivity contribution in [1.82, 2.24) is 4.90 Å². The Kier molecular flexibility index (Phi) is 4.28. The van der Waals surface area contributed by atoms with Crippen molar-refractivity contribution in [2.45, 2.75) is 38.1 Å². The fourth-order valence-corrected chi connectivity index (χ4v) is 2.78. The van der Waals surface area contributed by atoms with Crippen molar-refractivity contribution in [3.63, 3.8) is 0 Å². The molecule has 3 heteroatoms. The van der Waals surface area contributed by atoms with Crippen LogP contribution in [-0.2, 0) is 4.79 Å². The molecule has 0 saturated carbocycles. The van der Waals surface area contributed by atoms with Crippen molar-refractivity contribution in [2.24, 2.45) is 5.92 Å². The van der Waals surface area contributed by atoms with Crippen LogP contribution in [0.2, 0.25) is 0 Å². The number of alkyl halides is 1. The summed E-state index contributed by atoms with van der Waals surface area (Å²) in [6, 6.07) is 9.89. The number of nitrogens with zero attached hydrogens (tertiary/aromatic N) is 1. The predicted molar refractivity (Wildman–Crippen MR) is 74.6 cm³/mol. The van der Waals surface area contributed by atoms with E-state index in [4.69, 9.17) is 11.6 Å². The van der Waals surface area contributed by atoms with Crippen molar-refractivity contribution in [2.75, 3.05) is 6.54 Å². The van der Waals surface area contributed by atoms with Gasteiger partial charge >= 0.3 is 0 Å². The highest BCUT2D eigenvalue weighted by atomic mass is 35.5. The monoisotopic (exact) mass is 265 g/mol. The Hall–Kier alpha value is -1.02. The third-order valence-corrected chi connectivity index (χ3v) is 4.15. The van der Waals surface area contributed by atoms with Gasteiger partial charge in [0.05, 0.1) is 0 Å². The van der Waals surface area contributed by atoms with Crippen LogP contribution in [-0.4, -0.2) is 23.4 Å². The lowest BCUT2D eigenvalue weighted by atomic mass is 9.94. The molecule has 2 rings (SSSR count). The molecular formula is C15H20ClNO. The van der Waals surface area contributed by atoms with E-state index in [0.717, 1.165) is 18.5 Å². The second-order valence-corrected chi connectivity index (χ2v) is 5.73. The highest BCUT2D eigenvalue weighted by molar-refractivity contribution is 6.30. The zero-order valence-corrected chi connectivity index (χ0v) is 11.7. The normalized spacial score (nSPS) is 25.8. The first-order valence-corrected chi connectivity index (χ1v) is 7.02. The van der Waals surface area contributed by atoms with Crippen molar-refractivity contribution in [3.05, 3.63) is 35.9 Å². The van der Waals surface area contributed by atoms with Crippen LogP contribution in [0.5, 0.6) is 0 Å². The van der Waals surface area contributed by atoms with Crippen LogP contribution in [0.3, 0.4) is 0 Å². The summed E-state index contributed by atoms with van der Waals surface area (Å²) in [6.45, 7) is 5.13. The Labute approximate surface area is 114 Å². The van der Waals surface area contributed by atoms with Crippen LogP contribution in [0.15, 0.2) is 30.3 Å².